The molecule has 0 spiro atoms. The van der Waals surface area contributed by atoms with Crippen LogP contribution in [0.3, 0.4) is 0 Å². The van der Waals surface area contributed by atoms with Gasteiger partial charge < -0.3 is 15.2 Å². The lowest BCUT2D eigenvalue weighted by Crippen LogP contribution is -2.20. The van der Waals surface area contributed by atoms with Crippen molar-refractivity contribution in [1.82, 2.24) is 24.4 Å². The van der Waals surface area contributed by atoms with Gasteiger partial charge in [0.15, 0.2) is 5.65 Å². The first-order valence-corrected chi connectivity index (χ1v) is 9.51. The van der Waals surface area contributed by atoms with Gasteiger partial charge in [-0.1, -0.05) is 23.7 Å². The van der Waals surface area contributed by atoms with Crippen molar-refractivity contribution in [2.24, 2.45) is 5.92 Å². The number of anilines is 1. The van der Waals surface area contributed by atoms with Crippen molar-refractivity contribution in [2.45, 2.75) is 19.9 Å². The predicted octanol–water partition coefficient (Wildman–Crippen LogP) is 2.49. The number of benzene rings is 1. The van der Waals surface area contributed by atoms with Crippen LogP contribution in [0.15, 0.2) is 29.2 Å². The van der Waals surface area contributed by atoms with E-state index in [4.69, 9.17) is 11.6 Å². The van der Waals surface area contributed by atoms with Gasteiger partial charge in [-0.2, -0.15) is 4.98 Å². The molecule has 0 bridgehead atoms. The number of halogens is 1. The molecule has 1 fully saturated rings. The highest BCUT2D eigenvalue weighted by Crippen LogP contribution is 2.21. The number of aromatic amines is 1. The van der Waals surface area contributed by atoms with Crippen molar-refractivity contribution in [1.29, 1.82) is 0 Å². The molecule has 0 saturated carbocycles. The predicted molar refractivity (Wildman–Crippen MR) is 108 cm³/mol. The van der Waals surface area contributed by atoms with E-state index in [9.17, 15) is 4.79 Å². The van der Waals surface area contributed by atoms with E-state index < -0.39 is 0 Å². The molecule has 8 heteroatoms. The first-order chi connectivity index (χ1) is 13.0. The molecular weight excluding hydrogens is 364 g/mol. The highest BCUT2D eigenvalue weighted by atomic mass is 35.5. The average Bonchev–Trinajstić information content (AvgIpc) is 3.19. The summed E-state index contributed by atoms with van der Waals surface area (Å²) in [7, 11) is 2.14. The second-order valence-corrected chi connectivity index (χ2v) is 7.69. The third kappa shape index (κ3) is 3.70. The van der Waals surface area contributed by atoms with Crippen LogP contribution < -0.4 is 11.0 Å². The molecule has 1 aromatic carbocycles. The quantitative estimate of drug-likeness (QED) is 0.704. The molecule has 3 heterocycles. The second kappa shape index (κ2) is 7.32. The number of nitrogens with zero attached hydrogens (tertiary/aromatic N) is 4. The normalized spacial score (nSPS) is 17.7. The fourth-order valence-corrected chi connectivity index (χ4v) is 3.91. The van der Waals surface area contributed by atoms with Gasteiger partial charge in [0.25, 0.3) is 0 Å². The molecule has 3 aromatic rings. The Morgan fingerprint density at radius 2 is 2.26 bits per heavy atom. The summed E-state index contributed by atoms with van der Waals surface area (Å²) >= 11 is 6.34. The van der Waals surface area contributed by atoms with E-state index in [-0.39, 0.29) is 5.69 Å². The van der Waals surface area contributed by atoms with Crippen molar-refractivity contribution in [3.63, 3.8) is 0 Å². The summed E-state index contributed by atoms with van der Waals surface area (Å²) in [6.07, 6.45) is 2.83. The Kier molecular flexibility index (Phi) is 4.88. The van der Waals surface area contributed by atoms with E-state index in [1.54, 1.807) is 10.8 Å². The van der Waals surface area contributed by atoms with Gasteiger partial charge in [0.1, 0.15) is 5.52 Å². The Morgan fingerprint density at radius 3 is 3.00 bits per heavy atom. The zero-order chi connectivity index (χ0) is 19.0. The number of aryl methyl sites for hydroxylation is 1. The molecule has 0 amide bonds. The summed E-state index contributed by atoms with van der Waals surface area (Å²) in [6.45, 7) is 5.39. The lowest BCUT2D eigenvalue weighted by molar-refractivity contribution is 0.399. The summed E-state index contributed by atoms with van der Waals surface area (Å²) in [5, 5.41) is 3.97. The van der Waals surface area contributed by atoms with Gasteiger partial charge in [0, 0.05) is 18.1 Å². The van der Waals surface area contributed by atoms with Crippen LogP contribution >= 0.6 is 11.6 Å². The minimum atomic E-state index is -0.215. The molecule has 0 aliphatic carbocycles. The number of H-pyrrole nitrogens is 1. The molecule has 1 aliphatic rings. The Labute approximate surface area is 162 Å². The zero-order valence-corrected chi connectivity index (χ0v) is 16.3. The Morgan fingerprint density at radius 1 is 1.41 bits per heavy atom. The molecule has 1 aliphatic heterocycles. The third-order valence-corrected chi connectivity index (χ3v) is 5.57. The number of rotatable bonds is 5. The molecule has 142 valence electrons. The van der Waals surface area contributed by atoms with Gasteiger partial charge in [0.05, 0.1) is 12.7 Å². The Balaban J connectivity index is 1.61. The second-order valence-electron chi connectivity index (χ2n) is 7.28. The summed E-state index contributed by atoms with van der Waals surface area (Å²) in [5.41, 5.74) is 2.95. The summed E-state index contributed by atoms with van der Waals surface area (Å²) < 4.78 is 1.61. The molecule has 1 atom stereocenters. The van der Waals surface area contributed by atoms with Gasteiger partial charge in [-0.05, 0) is 50.0 Å². The molecular formula is C19H23ClN6O. The smallest absolute Gasteiger partial charge is 0.328 e. The van der Waals surface area contributed by atoms with Crippen molar-refractivity contribution >= 4 is 28.7 Å². The van der Waals surface area contributed by atoms with Gasteiger partial charge in [-0.25, -0.2) is 9.78 Å². The van der Waals surface area contributed by atoms with Crippen molar-refractivity contribution in [2.75, 3.05) is 32.0 Å². The SMILES string of the molecule is Cc1cccc(Cl)c1Cn1c(=O)[nH]c2cnc(NCC3CCN(C)C3)nc21. The summed E-state index contributed by atoms with van der Waals surface area (Å²) in [5.74, 6) is 1.13. The largest absolute Gasteiger partial charge is 0.354 e. The van der Waals surface area contributed by atoms with Crippen molar-refractivity contribution < 1.29 is 0 Å². The van der Waals surface area contributed by atoms with E-state index in [2.05, 4.69) is 32.2 Å². The van der Waals surface area contributed by atoms with Crippen LogP contribution in [0.2, 0.25) is 5.02 Å². The molecule has 7 nitrogen and oxygen atoms in total. The number of imidazole rings is 1. The maximum Gasteiger partial charge on any atom is 0.328 e. The molecule has 1 unspecified atom stereocenters. The average molecular weight is 387 g/mol. The first kappa shape index (κ1) is 18.0. The maximum atomic E-state index is 12.5. The number of aromatic nitrogens is 4. The van der Waals surface area contributed by atoms with Gasteiger partial charge >= 0.3 is 5.69 Å². The first-order valence-electron chi connectivity index (χ1n) is 9.13. The van der Waals surface area contributed by atoms with E-state index in [1.807, 2.05) is 25.1 Å². The third-order valence-electron chi connectivity index (χ3n) is 5.22. The minimum Gasteiger partial charge on any atom is -0.354 e. The number of nitrogens with one attached hydrogen (secondary N) is 2. The Hall–Kier alpha value is -2.38. The number of fused-ring (bicyclic) bond motifs is 1. The summed E-state index contributed by atoms with van der Waals surface area (Å²) in [6, 6.07) is 5.73. The van der Waals surface area contributed by atoms with Crippen LogP contribution in [0.5, 0.6) is 0 Å². The van der Waals surface area contributed by atoms with Crippen LogP contribution in [-0.2, 0) is 6.54 Å². The zero-order valence-electron chi connectivity index (χ0n) is 15.5. The van der Waals surface area contributed by atoms with Crippen LogP contribution in [-0.4, -0.2) is 51.1 Å². The fraction of sp³-hybridized carbons (Fsp3) is 0.421. The molecule has 1 saturated heterocycles. The topological polar surface area (TPSA) is 78.8 Å². The standard InChI is InChI=1S/C19H23ClN6O/c1-12-4-3-5-15(20)14(12)11-26-17-16(23-19(26)27)9-22-18(24-17)21-8-13-6-7-25(2)10-13/h3-5,9,13H,6-8,10-11H2,1-2H3,(H,23,27)(H,21,22,24). The highest BCUT2D eigenvalue weighted by molar-refractivity contribution is 6.31. The van der Waals surface area contributed by atoms with Crippen molar-refractivity contribution in [3.05, 3.63) is 51.0 Å². The van der Waals surface area contributed by atoms with Crippen LogP contribution in [0.4, 0.5) is 5.95 Å². The van der Waals surface area contributed by atoms with Crippen LogP contribution in [0, 0.1) is 12.8 Å². The molecule has 27 heavy (non-hydrogen) atoms. The van der Waals surface area contributed by atoms with Crippen LogP contribution in [0.1, 0.15) is 17.5 Å². The molecule has 2 N–H and O–H groups in total. The maximum absolute atomic E-state index is 12.5. The lowest BCUT2D eigenvalue weighted by atomic mass is 10.1. The monoisotopic (exact) mass is 386 g/mol. The van der Waals surface area contributed by atoms with E-state index in [0.717, 1.165) is 30.8 Å². The van der Waals surface area contributed by atoms with Crippen molar-refractivity contribution in [3.8, 4) is 0 Å². The van der Waals surface area contributed by atoms with Gasteiger partial charge in [-0.3, -0.25) is 4.57 Å². The molecule has 0 radical (unpaired) electrons. The molecule has 2 aromatic heterocycles. The Bertz CT molecular complexity index is 1010. The number of likely N-dealkylation sites (tertiary alicyclic amines) is 1. The number of hydrogen-bond donors (Lipinski definition) is 2. The number of hydrogen-bond acceptors (Lipinski definition) is 5. The minimum absolute atomic E-state index is 0.215. The van der Waals surface area contributed by atoms with Gasteiger partial charge in [-0.15, -0.1) is 0 Å². The fourth-order valence-electron chi connectivity index (χ4n) is 3.63. The molecule has 4 rings (SSSR count). The lowest BCUT2D eigenvalue weighted by Gasteiger charge is -2.12. The highest BCUT2D eigenvalue weighted by Gasteiger charge is 2.19. The van der Waals surface area contributed by atoms with E-state index in [1.165, 1.54) is 6.42 Å². The summed E-state index contributed by atoms with van der Waals surface area (Å²) in [4.78, 5) is 26.5. The van der Waals surface area contributed by atoms with E-state index in [0.29, 0.717) is 34.6 Å². The van der Waals surface area contributed by atoms with Gasteiger partial charge in [0.2, 0.25) is 5.95 Å². The van der Waals surface area contributed by atoms with E-state index >= 15 is 0 Å². The van der Waals surface area contributed by atoms with Crippen LogP contribution in [0.25, 0.3) is 11.2 Å².